The number of carboxylic acid groups (broad SMARTS) is 1. The summed E-state index contributed by atoms with van der Waals surface area (Å²) in [6.07, 6.45) is 3.29. The molecule has 0 bridgehead atoms. The summed E-state index contributed by atoms with van der Waals surface area (Å²) in [5.74, 6) is -1.98. The third-order valence-corrected chi connectivity index (χ3v) is 5.75. The van der Waals surface area contributed by atoms with E-state index in [1.165, 1.54) is 12.1 Å². The Hall–Kier alpha value is -3.46. The summed E-state index contributed by atoms with van der Waals surface area (Å²) in [6, 6.07) is 13.7. The first-order chi connectivity index (χ1) is 15.8. The number of hydrogen-bond donors (Lipinski definition) is 2. The second-order valence-electron chi connectivity index (χ2n) is 6.91. The van der Waals surface area contributed by atoms with Gasteiger partial charge in [-0.25, -0.2) is 9.59 Å². The quantitative estimate of drug-likeness (QED) is 0.422. The van der Waals surface area contributed by atoms with E-state index in [2.05, 4.69) is 10.1 Å². The van der Waals surface area contributed by atoms with Crippen LogP contribution >= 0.6 is 34.8 Å². The Bertz CT molecular complexity index is 1440. The van der Waals surface area contributed by atoms with E-state index in [0.29, 0.717) is 10.6 Å². The van der Waals surface area contributed by atoms with Gasteiger partial charge in [0.2, 0.25) is 5.69 Å². The van der Waals surface area contributed by atoms with Gasteiger partial charge in [0.15, 0.2) is 0 Å². The minimum absolute atomic E-state index is 0.0853. The van der Waals surface area contributed by atoms with Crippen LogP contribution in [0.5, 0.6) is 0 Å². The van der Waals surface area contributed by atoms with Crippen LogP contribution in [0.15, 0.2) is 70.5 Å². The minimum atomic E-state index is -1.58. The number of pyridine rings is 1. The van der Waals surface area contributed by atoms with Crippen LogP contribution < -0.4 is 11.2 Å². The first kappa shape index (κ1) is 22.7. The van der Waals surface area contributed by atoms with Gasteiger partial charge in [-0.3, -0.25) is 14.8 Å². The Morgan fingerprint density at radius 3 is 2.09 bits per heavy atom. The van der Waals surface area contributed by atoms with Crippen LogP contribution in [0.2, 0.25) is 15.1 Å². The summed E-state index contributed by atoms with van der Waals surface area (Å²) >= 11 is 19.3. The molecule has 33 heavy (non-hydrogen) atoms. The van der Waals surface area contributed by atoms with Crippen molar-refractivity contribution in [2.45, 2.75) is 5.92 Å². The van der Waals surface area contributed by atoms with E-state index in [4.69, 9.17) is 39.9 Å². The van der Waals surface area contributed by atoms with E-state index >= 15 is 0 Å². The Morgan fingerprint density at radius 2 is 1.52 bits per heavy atom. The third-order valence-electron chi connectivity index (χ3n) is 4.87. The lowest BCUT2D eigenvalue weighted by atomic mass is 9.85. The van der Waals surface area contributed by atoms with Crippen LogP contribution in [-0.2, 0) is 0 Å². The molecule has 2 N–H and O–H groups in total. The van der Waals surface area contributed by atoms with Gasteiger partial charge in [0.1, 0.15) is 0 Å². The lowest BCUT2D eigenvalue weighted by molar-refractivity contribution is 0.0685. The molecule has 2 aromatic carbocycles. The molecule has 4 aromatic rings. The Labute approximate surface area is 201 Å². The smallest absolute Gasteiger partial charge is 0.362 e. The molecular weight excluding hydrogens is 491 g/mol. The molecular formula is C22H13Cl3N4O4. The molecule has 2 aromatic heterocycles. The summed E-state index contributed by atoms with van der Waals surface area (Å²) in [5.41, 5.74) is -0.548. The average Bonchev–Trinajstić information content (AvgIpc) is 2.77. The van der Waals surface area contributed by atoms with Crippen molar-refractivity contribution in [2.75, 3.05) is 0 Å². The Balaban J connectivity index is 1.91. The molecule has 2 heterocycles. The number of carbonyl (C=O) groups is 1. The second kappa shape index (κ2) is 9.19. The molecule has 0 radical (unpaired) electrons. The molecule has 0 amide bonds. The van der Waals surface area contributed by atoms with Gasteiger partial charge in [0, 0.05) is 38.9 Å². The molecule has 8 nitrogen and oxygen atoms in total. The third kappa shape index (κ3) is 4.54. The van der Waals surface area contributed by atoms with Gasteiger partial charge < -0.3 is 5.11 Å². The fourth-order valence-corrected chi connectivity index (χ4v) is 4.24. The maximum Gasteiger partial charge on any atom is 0.362 e. The SMILES string of the molecule is O=C(O)c1nn(-c2cc(Cl)c(C(c3ccncc3)c3ccc(Cl)cc3)c(Cl)c2)c(=O)[nH]c1=O. The topological polar surface area (TPSA) is 118 Å². The summed E-state index contributed by atoms with van der Waals surface area (Å²) < 4.78 is 0.718. The van der Waals surface area contributed by atoms with E-state index in [9.17, 15) is 14.4 Å². The van der Waals surface area contributed by atoms with Crippen LogP contribution in [0.25, 0.3) is 5.69 Å². The van der Waals surface area contributed by atoms with Crippen LogP contribution in [0.4, 0.5) is 0 Å². The fraction of sp³-hybridized carbons (Fsp3) is 0.0455. The number of aromatic nitrogens is 4. The molecule has 0 saturated heterocycles. The van der Waals surface area contributed by atoms with E-state index in [0.717, 1.165) is 15.8 Å². The highest BCUT2D eigenvalue weighted by atomic mass is 35.5. The van der Waals surface area contributed by atoms with Gasteiger partial charge in [0.25, 0.3) is 5.56 Å². The van der Waals surface area contributed by atoms with Crippen molar-refractivity contribution >= 4 is 40.8 Å². The zero-order valence-electron chi connectivity index (χ0n) is 16.5. The van der Waals surface area contributed by atoms with Gasteiger partial charge in [0.05, 0.1) is 5.69 Å². The van der Waals surface area contributed by atoms with Gasteiger partial charge in [-0.15, -0.1) is 0 Å². The lowest BCUT2D eigenvalue weighted by Gasteiger charge is -2.22. The van der Waals surface area contributed by atoms with Gasteiger partial charge in [-0.05, 0) is 47.5 Å². The molecule has 0 aliphatic rings. The number of carboxylic acids is 1. The number of H-pyrrole nitrogens is 1. The molecule has 4 rings (SSSR count). The van der Waals surface area contributed by atoms with Gasteiger partial charge in [-0.2, -0.15) is 9.78 Å². The predicted octanol–water partition coefficient (Wildman–Crippen LogP) is 4.15. The van der Waals surface area contributed by atoms with Crippen molar-refractivity contribution in [3.63, 3.8) is 0 Å². The number of aromatic amines is 1. The highest BCUT2D eigenvalue weighted by Gasteiger charge is 2.24. The van der Waals surface area contributed by atoms with E-state index in [1.54, 1.807) is 24.5 Å². The molecule has 11 heteroatoms. The summed E-state index contributed by atoms with van der Waals surface area (Å²) in [4.78, 5) is 41.2. The number of nitrogens with one attached hydrogen (secondary N) is 1. The largest absolute Gasteiger partial charge is 0.476 e. The first-order valence-corrected chi connectivity index (χ1v) is 10.5. The van der Waals surface area contributed by atoms with E-state index < -0.39 is 28.8 Å². The van der Waals surface area contributed by atoms with Gasteiger partial charge in [-0.1, -0.05) is 46.9 Å². The summed E-state index contributed by atoms with van der Waals surface area (Å²) in [6.45, 7) is 0. The first-order valence-electron chi connectivity index (χ1n) is 9.38. The van der Waals surface area contributed by atoms with Crippen molar-refractivity contribution in [1.82, 2.24) is 19.7 Å². The highest BCUT2D eigenvalue weighted by Crippen LogP contribution is 2.41. The Morgan fingerprint density at radius 1 is 0.939 bits per heavy atom. The summed E-state index contributed by atoms with van der Waals surface area (Å²) in [7, 11) is 0. The maximum absolute atomic E-state index is 12.3. The molecule has 1 atom stereocenters. The number of nitrogens with zero attached hydrogens (tertiary/aromatic N) is 3. The van der Waals surface area contributed by atoms with Crippen molar-refractivity contribution < 1.29 is 9.90 Å². The molecule has 0 aliphatic heterocycles. The van der Waals surface area contributed by atoms with Gasteiger partial charge >= 0.3 is 11.7 Å². The van der Waals surface area contributed by atoms with E-state index in [-0.39, 0.29) is 15.7 Å². The molecule has 0 saturated carbocycles. The van der Waals surface area contributed by atoms with Crippen LogP contribution in [0.1, 0.15) is 33.1 Å². The number of hydrogen-bond acceptors (Lipinski definition) is 5. The zero-order valence-corrected chi connectivity index (χ0v) is 18.8. The Kier molecular flexibility index (Phi) is 6.33. The molecule has 166 valence electrons. The fourth-order valence-electron chi connectivity index (χ4n) is 3.42. The normalized spacial score (nSPS) is 11.8. The van der Waals surface area contributed by atoms with E-state index in [1.807, 2.05) is 29.2 Å². The average molecular weight is 504 g/mol. The van der Waals surface area contributed by atoms with Crippen molar-refractivity contribution in [3.8, 4) is 5.69 Å². The lowest BCUT2D eigenvalue weighted by Crippen LogP contribution is -2.35. The van der Waals surface area contributed by atoms with Crippen molar-refractivity contribution in [3.05, 3.63) is 119 Å². The highest BCUT2D eigenvalue weighted by molar-refractivity contribution is 6.36. The minimum Gasteiger partial charge on any atom is -0.476 e. The second-order valence-corrected chi connectivity index (χ2v) is 8.16. The number of halogens is 3. The molecule has 0 spiro atoms. The monoisotopic (exact) mass is 502 g/mol. The summed E-state index contributed by atoms with van der Waals surface area (Å²) in [5, 5.41) is 13.8. The molecule has 0 fully saturated rings. The van der Waals surface area contributed by atoms with Crippen LogP contribution in [-0.4, -0.2) is 30.8 Å². The zero-order chi connectivity index (χ0) is 23.7. The van der Waals surface area contributed by atoms with Crippen molar-refractivity contribution in [2.24, 2.45) is 0 Å². The predicted molar refractivity (Wildman–Crippen MR) is 124 cm³/mol. The number of benzene rings is 2. The molecule has 0 aliphatic carbocycles. The number of rotatable bonds is 5. The maximum atomic E-state index is 12.3. The van der Waals surface area contributed by atoms with Crippen molar-refractivity contribution in [1.29, 1.82) is 0 Å². The van der Waals surface area contributed by atoms with Crippen LogP contribution in [0.3, 0.4) is 0 Å². The van der Waals surface area contributed by atoms with Crippen LogP contribution in [0, 0.1) is 0 Å². The molecule has 1 unspecified atom stereocenters. The standard InChI is InChI=1S/C22H13Cl3N4O4/c23-13-3-1-11(2-4-13)17(12-5-7-26-8-6-12)18-15(24)9-14(10-16(18)25)29-22(33)27-20(30)19(28-29)21(31)32/h1-10,17H,(H,31,32)(H,27,30,33). The number of aromatic carboxylic acids is 1.